The number of aromatic nitrogens is 1. The second-order valence-electron chi connectivity index (χ2n) is 8.78. The lowest BCUT2D eigenvalue weighted by Crippen LogP contribution is -2.51. The van der Waals surface area contributed by atoms with Crippen LogP contribution in [0.25, 0.3) is 6.08 Å². The molecule has 1 saturated heterocycles. The molecule has 9 heteroatoms. The minimum atomic E-state index is -0.783. The molecule has 1 aromatic rings. The van der Waals surface area contributed by atoms with Gasteiger partial charge in [-0.25, -0.2) is 4.98 Å². The maximum atomic E-state index is 13.0. The van der Waals surface area contributed by atoms with E-state index in [0.717, 1.165) is 30.4 Å². The number of carbonyl (C=O) groups is 3. The van der Waals surface area contributed by atoms with Gasteiger partial charge in [-0.2, -0.15) is 5.26 Å². The molecule has 0 spiro atoms. The van der Waals surface area contributed by atoms with Crippen molar-refractivity contribution in [1.82, 2.24) is 20.9 Å². The van der Waals surface area contributed by atoms with Crippen molar-refractivity contribution in [2.75, 3.05) is 6.54 Å². The Morgan fingerprint density at radius 1 is 1.28 bits per heavy atom. The summed E-state index contributed by atoms with van der Waals surface area (Å²) < 4.78 is 0. The van der Waals surface area contributed by atoms with E-state index in [1.54, 1.807) is 12.3 Å². The quantitative estimate of drug-likeness (QED) is 0.516. The molecule has 3 atom stereocenters. The van der Waals surface area contributed by atoms with Crippen LogP contribution in [0.4, 0.5) is 0 Å². The number of hydrogen-bond donors (Lipinski definition) is 3. The topological polar surface area (TPSA) is 124 Å². The Kier molecular flexibility index (Phi) is 6.75. The molecule has 32 heavy (non-hydrogen) atoms. The predicted molar refractivity (Wildman–Crippen MR) is 118 cm³/mol. The third-order valence-electron chi connectivity index (χ3n) is 6.30. The van der Waals surface area contributed by atoms with Crippen molar-refractivity contribution >= 4 is 35.4 Å². The molecule has 4 rings (SSSR count). The van der Waals surface area contributed by atoms with E-state index in [1.807, 2.05) is 6.07 Å². The summed E-state index contributed by atoms with van der Waals surface area (Å²) in [6.45, 7) is 0.648. The fourth-order valence-electron chi connectivity index (χ4n) is 4.30. The summed E-state index contributed by atoms with van der Waals surface area (Å²) in [6, 6.07) is 2.40. The van der Waals surface area contributed by atoms with Gasteiger partial charge in [-0.05, 0) is 49.3 Å². The SMILES string of the molecule is N#CC(CC1CCCNC1=O)NC(=O)C(CC1CC1)NC(=O)C1=Cc2c(ccnc2Cl)C1. The van der Waals surface area contributed by atoms with E-state index >= 15 is 0 Å². The van der Waals surface area contributed by atoms with Gasteiger partial charge in [0.2, 0.25) is 17.7 Å². The van der Waals surface area contributed by atoms with E-state index in [2.05, 4.69) is 27.0 Å². The molecular weight excluding hydrogens is 430 g/mol. The minimum Gasteiger partial charge on any atom is -0.356 e. The normalized spacial score (nSPS) is 21.4. The van der Waals surface area contributed by atoms with Crippen molar-refractivity contribution in [1.29, 1.82) is 5.26 Å². The van der Waals surface area contributed by atoms with Crippen molar-refractivity contribution in [3.05, 3.63) is 34.1 Å². The second-order valence-corrected chi connectivity index (χ2v) is 9.14. The van der Waals surface area contributed by atoms with Gasteiger partial charge in [0.25, 0.3) is 0 Å². The molecule has 2 heterocycles. The van der Waals surface area contributed by atoms with Crippen LogP contribution in [-0.4, -0.2) is 41.3 Å². The van der Waals surface area contributed by atoms with E-state index in [1.165, 1.54) is 0 Å². The molecule has 8 nitrogen and oxygen atoms in total. The van der Waals surface area contributed by atoms with Crippen LogP contribution < -0.4 is 16.0 Å². The Morgan fingerprint density at radius 3 is 2.78 bits per heavy atom. The van der Waals surface area contributed by atoms with Gasteiger partial charge in [-0.3, -0.25) is 14.4 Å². The Balaban J connectivity index is 1.39. The van der Waals surface area contributed by atoms with Gasteiger partial charge >= 0.3 is 0 Å². The molecule has 1 aromatic heterocycles. The van der Waals surface area contributed by atoms with Gasteiger partial charge in [0.15, 0.2) is 0 Å². The predicted octanol–water partition coefficient (Wildman–Crippen LogP) is 1.88. The number of nitrogens with zero attached hydrogens (tertiary/aromatic N) is 2. The Labute approximate surface area is 191 Å². The van der Waals surface area contributed by atoms with Gasteiger partial charge in [0, 0.05) is 36.2 Å². The highest BCUT2D eigenvalue weighted by Crippen LogP contribution is 2.34. The molecule has 3 N–H and O–H groups in total. The van der Waals surface area contributed by atoms with Crippen molar-refractivity contribution in [3.8, 4) is 6.07 Å². The average Bonchev–Trinajstić information content (AvgIpc) is 3.48. The van der Waals surface area contributed by atoms with Crippen LogP contribution in [0.15, 0.2) is 17.8 Å². The first-order valence-electron chi connectivity index (χ1n) is 11.1. The number of piperidine rings is 1. The summed E-state index contributed by atoms with van der Waals surface area (Å²) >= 11 is 6.13. The van der Waals surface area contributed by atoms with Crippen LogP contribution in [0.1, 0.15) is 49.7 Å². The van der Waals surface area contributed by atoms with E-state index in [0.29, 0.717) is 42.5 Å². The highest BCUT2D eigenvalue weighted by atomic mass is 35.5. The van der Waals surface area contributed by atoms with Gasteiger partial charge in [0.05, 0.1) is 6.07 Å². The summed E-state index contributed by atoms with van der Waals surface area (Å²) in [6.07, 6.45) is 8.16. The zero-order valence-corrected chi connectivity index (χ0v) is 18.5. The monoisotopic (exact) mass is 455 g/mol. The van der Waals surface area contributed by atoms with Crippen LogP contribution in [-0.2, 0) is 20.8 Å². The van der Waals surface area contributed by atoms with Crippen LogP contribution >= 0.6 is 11.6 Å². The average molecular weight is 456 g/mol. The van der Waals surface area contributed by atoms with Crippen LogP contribution in [0.3, 0.4) is 0 Å². The molecule has 2 fully saturated rings. The van der Waals surface area contributed by atoms with Gasteiger partial charge in [0.1, 0.15) is 17.2 Å². The first-order valence-corrected chi connectivity index (χ1v) is 11.4. The van der Waals surface area contributed by atoms with E-state index in [9.17, 15) is 19.6 Å². The highest BCUT2D eigenvalue weighted by Gasteiger charge is 2.33. The summed E-state index contributed by atoms with van der Waals surface area (Å²) in [7, 11) is 0. The fourth-order valence-corrected chi connectivity index (χ4v) is 4.53. The third-order valence-corrected chi connectivity index (χ3v) is 6.60. The lowest BCUT2D eigenvalue weighted by molar-refractivity contribution is -0.129. The number of rotatable bonds is 8. The van der Waals surface area contributed by atoms with Gasteiger partial charge in [-0.15, -0.1) is 0 Å². The number of halogens is 1. The van der Waals surface area contributed by atoms with Crippen LogP contribution in [0.2, 0.25) is 5.15 Å². The molecule has 0 radical (unpaired) electrons. The maximum Gasteiger partial charge on any atom is 0.248 e. The Hall–Kier alpha value is -2.92. The molecule has 0 bridgehead atoms. The largest absolute Gasteiger partial charge is 0.356 e. The minimum absolute atomic E-state index is 0.0746. The molecule has 3 amide bonds. The number of pyridine rings is 1. The molecule has 3 unspecified atom stereocenters. The van der Waals surface area contributed by atoms with Crippen molar-refractivity contribution in [2.24, 2.45) is 11.8 Å². The Morgan fingerprint density at radius 2 is 2.09 bits per heavy atom. The number of amides is 3. The second kappa shape index (κ2) is 9.70. The van der Waals surface area contributed by atoms with Crippen molar-refractivity contribution in [2.45, 2.75) is 57.0 Å². The summed E-state index contributed by atoms with van der Waals surface area (Å²) in [5.74, 6) is -0.675. The number of nitrogens with one attached hydrogen (secondary N) is 3. The van der Waals surface area contributed by atoms with E-state index in [4.69, 9.17) is 11.6 Å². The smallest absolute Gasteiger partial charge is 0.248 e. The first-order chi connectivity index (χ1) is 15.4. The van der Waals surface area contributed by atoms with Crippen molar-refractivity contribution in [3.63, 3.8) is 0 Å². The maximum absolute atomic E-state index is 13.0. The number of nitriles is 1. The molecule has 1 aliphatic heterocycles. The molecular formula is C23H26ClN5O3. The zero-order chi connectivity index (χ0) is 22.7. The third kappa shape index (κ3) is 5.28. The highest BCUT2D eigenvalue weighted by molar-refractivity contribution is 6.31. The standard InChI is InChI=1S/C23H26ClN5O3/c24-20-18-11-16(9-14(18)5-7-26-20)22(31)29-19(8-13-3-4-13)23(32)28-17(12-25)10-15-2-1-6-27-21(15)30/h5,7,11,13,15,17,19H,1-4,6,8-10H2,(H,27,30)(H,28,32)(H,29,31). The van der Waals surface area contributed by atoms with Gasteiger partial charge in [-0.1, -0.05) is 24.4 Å². The molecule has 1 saturated carbocycles. The zero-order valence-electron chi connectivity index (χ0n) is 17.7. The van der Waals surface area contributed by atoms with Gasteiger partial charge < -0.3 is 16.0 Å². The first kappa shape index (κ1) is 22.3. The van der Waals surface area contributed by atoms with Crippen LogP contribution in [0.5, 0.6) is 0 Å². The lowest BCUT2D eigenvalue weighted by Gasteiger charge is -2.25. The number of hydrogen-bond acceptors (Lipinski definition) is 5. The number of fused-ring (bicyclic) bond motifs is 1. The molecule has 0 aromatic carbocycles. The fraction of sp³-hybridized carbons (Fsp3) is 0.522. The summed E-state index contributed by atoms with van der Waals surface area (Å²) in [5.41, 5.74) is 2.19. The summed E-state index contributed by atoms with van der Waals surface area (Å²) in [4.78, 5) is 42.0. The number of carbonyl (C=O) groups excluding carboxylic acids is 3. The summed E-state index contributed by atoms with van der Waals surface area (Å²) in [5, 5.41) is 18.3. The van der Waals surface area contributed by atoms with E-state index < -0.39 is 12.1 Å². The molecule has 168 valence electrons. The van der Waals surface area contributed by atoms with Crippen molar-refractivity contribution < 1.29 is 14.4 Å². The van der Waals surface area contributed by atoms with E-state index in [-0.39, 0.29) is 30.1 Å². The molecule has 2 aliphatic carbocycles. The Bertz CT molecular complexity index is 998. The van der Waals surface area contributed by atoms with Crippen LogP contribution in [0, 0.1) is 23.2 Å². The molecule has 3 aliphatic rings. The lowest BCUT2D eigenvalue weighted by atomic mass is 9.92.